The lowest BCUT2D eigenvalue weighted by Gasteiger charge is -2.07. The van der Waals surface area contributed by atoms with Gasteiger partial charge in [-0.15, -0.1) is 0 Å². The normalized spacial score (nSPS) is 11.7. The van der Waals surface area contributed by atoms with E-state index in [9.17, 15) is 10.1 Å². The molecule has 0 unspecified atom stereocenters. The lowest BCUT2D eigenvalue weighted by Crippen LogP contribution is -2.04. The van der Waals surface area contributed by atoms with E-state index in [2.05, 4.69) is 6.07 Å². The summed E-state index contributed by atoms with van der Waals surface area (Å²) in [5, 5.41) is 10.6. The zero-order valence-electron chi connectivity index (χ0n) is 16.6. The first-order chi connectivity index (χ1) is 14.7. The van der Waals surface area contributed by atoms with Gasteiger partial charge in [-0.25, -0.2) is 0 Å². The molecule has 30 heavy (non-hydrogen) atoms. The Morgan fingerprint density at radius 2 is 1.53 bits per heavy atom. The molecule has 0 fully saturated rings. The fourth-order valence-electron chi connectivity index (χ4n) is 3.68. The summed E-state index contributed by atoms with van der Waals surface area (Å²) in [5.41, 5.74) is 4.38. The van der Waals surface area contributed by atoms with E-state index >= 15 is 0 Å². The van der Waals surface area contributed by atoms with E-state index in [1.54, 1.807) is 12.2 Å². The molecule has 0 amide bonds. The number of hydrogen-bond donors (Lipinski definition) is 0. The van der Waals surface area contributed by atoms with Crippen molar-refractivity contribution in [2.75, 3.05) is 0 Å². The second-order valence-electron chi connectivity index (χ2n) is 6.96. The molecule has 0 bridgehead atoms. The molecular weight excluding hydrogens is 368 g/mol. The van der Waals surface area contributed by atoms with Gasteiger partial charge in [0.25, 0.3) is 0 Å². The van der Waals surface area contributed by atoms with Crippen molar-refractivity contribution in [2.24, 2.45) is 7.05 Å². The number of nitriles is 1. The zero-order valence-corrected chi connectivity index (χ0v) is 16.6. The molecule has 3 aromatic carbocycles. The van der Waals surface area contributed by atoms with E-state index in [1.165, 1.54) is 0 Å². The number of carbonyl (C=O) groups is 1. The van der Waals surface area contributed by atoms with Crippen LogP contribution in [0.5, 0.6) is 0 Å². The number of benzene rings is 3. The van der Waals surface area contributed by atoms with Gasteiger partial charge in [-0.2, -0.15) is 5.26 Å². The molecule has 0 spiro atoms. The number of ketones is 1. The van der Waals surface area contributed by atoms with Crippen LogP contribution in [0.2, 0.25) is 0 Å². The number of nitrogens with zero attached hydrogens (tertiary/aromatic N) is 2. The summed E-state index contributed by atoms with van der Waals surface area (Å²) in [4.78, 5) is 13.5. The summed E-state index contributed by atoms with van der Waals surface area (Å²) in [5.74, 6) is -0.272. The highest BCUT2D eigenvalue weighted by molar-refractivity contribution is 6.22. The monoisotopic (exact) mass is 388 g/mol. The van der Waals surface area contributed by atoms with E-state index in [1.807, 2.05) is 103 Å². The Labute approximate surface area is 175 Å². The van der Waals surface area contributed by atoms with Crippen LogP contribution in [0.15, 0.2) is 103 Å². The minimum absolute atomic E-state index is 0.107. The average Bonchev–Trinajstić information content (AvgIpc) is 3.10. The number of allylic oxidation sites excluding steroid dienone is 3. The van der Waals surface area contributed by atoms with Crippen LogP contribution >= 0.6 is 0 Å². The van der Waals surface area contributed by atoms with Gasteiger partial charge in [0.15, 0.2) is 0 Å². The molecule has 3 heteroatoms. The summed E-state index contributed by atoms with van der Waals surface area (Å²) >= 11 is 0. The van der Waals surface area contributed by atoms with Crippen molar-refractivity contribution >= 4 is 22.8 Å². The highest BCUT2D eigenvalue weighted by Crippen LogP contribution is 2.34. The Hall–Kier alpha value is -4.16. The largest absolute Gasteiger partial charge is 0.343 e. The number of rotatable bonds is 5. The minimum Gasteiger partial charge on any atom is -0.343 e. The number of fused-ring (bicyclic) bond motifs is 1. The Morgan fingerprint density at radius 1 is 0.900 bits per heavy atom. The standard InChI is InChI=1S/C27H20N2O/c1-29-24-18-9-8-17-23(24)25(26(29)21-14-6-3-7-15-21)27(30)22(19-28)16-10-13-20-11-4-2-5-12-20/h2-18H,1H3/b13-10+,22-16+. The maximum Gasteiger partial charge on any atom is 0.206 e. The van der Waals surface area contributed by atoms with Crippen molar-refractivity contribution < 1.29 is 4.79 Å². The van der Waals surface area contributed by atoms with Crippen LogP contribution in [0.1, 0.15) is 15.9 Å². The molecule has 1 aromatic heterocycles. The average molecular weight is 388 g/mol. The molecule has 3 nitrogen and oxygen atoms in total. The minimum atomic E-state index is -0.272. The molecule has 144 valence electrons. The lowest BCUT2D eigenvalue weighted by atomic mass is 9.97. The summed E-state index contributed by atoms with van der Waals surface area (Å²) in [6, 6.07) is 29.5. The van der Waals surface area contributed by atoms with Gasteiger partial charge in [-0.05, 0) is 23.3 Å². The van der Waals surface area contributed by atoms with Gasteiger partial charge in [-0.3, -0.25) is 4.79 Å². The quantitative estimate of drug-likeness (QED) is 0.177. The van der Waals surface area contributed by atoms with Crippen molar-refractivity contribution in [3.8, 4) is 17.3 Å². The first-order valence-corrected chi connectivity index (χ1v) is 9.71. The van der Waals surface area contributed by atoms with Crippen LogP contribution in [0.4, 0.5) is 0 Å². The van der Waals surface area contributed by atoms with Gasteiger partial charge in [0.2, 0.25) is 5.78 Å². The van der Waals surface area contributed by atoms with E-state index in [4.69, 9.17) is 0 Å². The van der Waals surface area contributed by atoms with Crippen LogP contribution in [0.3, 0.4) is 0 Å². The van der Waals surface area contributed by atoms with Crippen molar-refractivity contribution in [3.05, 3.63) is 114 Å². The first kappa shape index (κ1) is 19.2. The molecule has 0 radical (unpaired) electrons. The second kappa shape index (κ2) is 8.46. The molecule has 0 saturated heterocycles. The first-order valence-electron chi connectivity index (χ1n) is 9.71. The van der Waals surface area contributed by atoms with Gasteiger partial charge >= 0.3 is 0 Å². The molecule has 0 aliphatic heterocycles. The van der Waals surface area contributed by atoms with Crippen LogP contribution in [0.25, 0.3) is 28.2 Å². The van der Waals surface area contributed by atoms with Gasteiger partial charge < -0.3 is 4.57 Å². The third-order valence-corrected chi connectivity index (χ3v) is 5.10. The number of aromatic nitrogens is 1. The summed E-state index contributed by atoms with van der Waals surface area (Å²) in [6.07, 6.45) is 5.22. The van der Waals surface area contributed by atoms with Crippen molar-refractivity contribution in [3.63, 3.8) is 0 Å². The number of Topliss-reactive ketones (excluding diaryl/α,β-unsaturated/α-hetero) is 1. The van der Waals surface area contributed by atoms with Gasteiger partial charge in [0, 0.05) is 18.0 Å². The maximum absolute atomic E-state index is 13.5. The van der Waals surface area contributed by atoms with Gasteiger partial charge in [-0.1, -0.05) is 91.0 Å². The summed E-state index contributed by atoms with van der Waals surface area (Å²) in [7, 11) is 1.95. The third-order valence-electron chi connectivity index (χ3n) is 5.10. The fourth-order valence-corrected chi connectivity index (χ4v) is 3.68. The molecule has 0 aliphatic rings. The van der Waals surface area contributed by atoms with E-state index in [-0.39, 0.29) is 11.4 Å². The molecule has 4 aromatic rings. The Morgan fingerprint density at radius 3 is 2.23 bits per heavy atom. The van der Waals surface area contributed by atoms with Crippen LogP contribution in [-0.4, -0.2) is 10.4 Å². The maximum atomic E-state index is 13.5. The van der Waals surface area contributed by atoms with Gasteiger partial charge in [0.1, 0.15) is 11.6 Å². The highest BCUT2D eigenvalue weighted by Gasteiger charge is 2.24. The van der Waals surface area contributed by atoms with Crippen LogP contribution in [0, 0.1) is 11.3 Å². The number of para-hydroxylation sites is 1. The smallest absolute Gasteiger partial charge is 0.206 e. The molecule has 4 rings (SSSR count). The fraction of sp³-hybridized carbons (Fsp3) is 0.0370. The highest BCUT2D eigenvalue weighted by atomic mass is 16.1. The van der Waals surface area contributed by atoms with Crippen molar-refractivity contribution in [1.29, 1.82) is 5.26 Å². The van der Waals surface area contributed by atoms with E-state index < -0.39 is 0 Å². The third kappa shape index (κ3) is 3.59. The zero-order chi connectivity index (χ0) is 20.9. The van der Waals surface area contributed by atoms with Crippen molar-refractivity contribution in [2.45, 2.75) is 0 Å². The molecule has 1 heterocycles. The predicted molar refractivity (Wildman–Crippen MR) is 122 cm³/mol. The molecular formula is C27H20N2O. The van der Waals surface area contributed by atoms with Crippen LogP contribution in [-0.2, 0) is 7.05 Å². The Kier molecular flexibility index (Phi) is 5.41. The predicted octanol–water partition coefficient (Wildman–Crippen LogP) is 6.19. The lowest BCUT2D eigenvalue weighted by molar-refractivity contribution is 0.104. The molecule has 0 saturated carbocycles. The Balaban J connectivity index is 1.84. The molecule has 0 N–H and O–H groups in total. The second-order valence-corrected chi connectivity index (χ2v) is 6.96. The SMILES string of the molecule is Cn1c(-c2ccccc2)c(C(=O)/C(C#N)=C/C=C/c2ccccc2)c2ccccc21. The van der Waals surface area contributed by atoms with E-state index in [0.717, 1.165) is 27.7 Å². The van der Waals surface area contributed by atoms with Crippen molar-refractivity contribution in [1.82, 2.24) is 4.57 Å². The summed E-state index contributed by atoms with van der Waals surface area (Å²) < 4.78 is 2.02. The van der Waals surface area contributed by atoms with Gasteiger partial charge in [0.05, 0.1) is 11.3 Å². The number of carbonyl (C=O) groups excluding carboxylic acids is 1. The topological polar surface area (TPSA) is 45.8 Å². The Bertz CT molecular complexity index is 1300. The number of aryl methyl sites for hydroxylation is 1. The van der Waals surface area contributed by atoms with Crippen LogP contribution < -0.4 is 0 Å². The summed E-state index contributed by atoms with van der Waals surface area (Å²) in [6.45, 7) is 0. The number of hydrogen-bond acceptors (Lipinski definition) is 2. The molecule has 0 aliphatic carbocycles. The van der Waals surface area contributed by atoms with E-state index in [0.29, 0.717) is 5.56 Å². The molecule has 0 atom stereocenters.